The predicted molar refractivity (Wildman–Crippen MR) is 121 cm³/mol. The van der Waals surface area contributed by atoms with Crippen LogP contribution < -0.4 is 10.1 Å². The first-order chi connectivity index (χ1) is 16.3. The summed E-state index contributed by atoms with van der Waals surface area (Å²) in [5, 5.41) is 20.5. The third-order valence-electron chi connectivity index (χ3n) is 7.44. The van der Waals surface area contributed by atoms with E-state index in [4.69, 9.17) is 9.47 Å². The zero-order chi connectivity index (χ0) is 23.9. The van der Waals surface area contributed by atoms with Crippen molar-refractivity contribution in [3.63, 3.8) is 0 Å². The average Bonchev–Trinajstić information content (AvgIpc) is 3.50. The Kier molecular flexibility index (Phi) is 5.91. The number of amides is 1. The number of hydrogen-bond acceptors (Lipinski definition) is 7. The molecule has 0 aliphatic heterocycles. The molecule has 2 aromatic rings. The second-order valence-electron chi connectivity index (χ2n) is 10.0. The fourth-order valence-electron chi connectivity index (χ4n) is 5.16. The molecule has 2 N–H and O–H groups in total. The summed E-state index contributed by atoms with van der Waals surface area (Å²) in [5.41, 5.74) is 3.11. The quantitative estimate of drug-likeness (QED) is 0.632. The van der Waals surface area contributed by atoms with Gasteiger partial charge in [-0.05, 0) is 75.8 Å². The molecule has 0 bridgehead atoms. The molecule has 34 heavy (non-hydrogen) atoms. The summed E-state index contributed by atoms with van der Waals surface area (Å²) in [4.78, 5) is 28.2. The minimum absolute atomic E-state index is 0.0263. The largest absolute Gasteiger partial charge is 0.489 e. The Morgan fingerprint density at radius 3 is 2.74 bits per heavy atom. The van der Waals surface area contributed by atoms with Crippen molar-refractivity contribution in [2.75, 3.05) is 0 Å². The molecular formula is C24H31N5O5. The molecule has 3 aliphatic carbocycles. The molecule has 5 rings (SSSR count). The number of carboxylic acids is 1. The first kappa shape index (κ1) is 22.6. The number of carbonyl (C=O) groups excluding carboxylic acids is 1. The van der Waals surface area contributed by atoms with E-state index in [-0.39, 0.29) is 24.7 Å². The van der Waals surface area contributed by atoms with Gasteiger partial charge < -0.3 is 19.9 Å². The number of hydrogen-bond donors (Lipinski definition) is 2. The SMILES string of the molecule is Cc1nc(-c2nnn(C)c2CNC(=O)OC2CC3(CC3)C2)ccc1O[C@H]1CCC[C@H](C(=O)O)C1. The van der Waals surface area contributed by atoms with Crippen molar-refractivity contribution in [2.24, 2.45) is 18.4 Å². The Labute approximate surface area is 198 Å². The summed E-state index contributed by atoms with van der Waals surface area (Å²) >= 11 is 0. The van der Waals surface area contributed by atoms with Gasteiger partial charge >= 0.3 is 12.1 Å². The molecule has 0 saturated heterocycles. The summed E-state index contributed by atoms with van der Waals surface area (Å²) in [7, 11) is 1.77. The highest BCUT2D eigenvalue weighted by atomic mass is 16.6. The Balaban J connectivity index is 1.21. The fourth-order valence-corrected chi connectivity index (χ4v) is 5.16. The first-order valence-electron chi connectivity index (χ1n) is 12.0. The lowest BCUT2D eigenvalue weighted by atomic mass is 9.79. The molecule has 2 atom stereocenters. The van der Waals surface area contributed by atoms with E-state index in [0.717, 1.165) is 31.4 Å². The van der Waals surface area contributed by atoms with Crippen LogP contribution in [0.1, 0.15) is 62.8 Å². The minimum atomic E-state index is -0.759. The number of aromatic nitrogens is 4. The number of ether oxygens (including phenoxy) is 2. The summed E-state index contributed by atoms with van der Waals surface area (Å²) in [5.74, 6) is -0.474. The van der Waals surface area contributed by atoms with Crippen molar-refractivity contribution in [1.29, 1.82) is 0 Å². The molecule has 0 radical (unpaired) electrons. The van der Waals surface area contributed by atoms with Crippen LogP contribution in [0.2, 0.25) is 0 Å². The van der Waals surface area contributed by atoms with E-state index in [0.29, 0.717) is 41.1 Å². The highest BCUT2D eigenvalue weighted by Gasteiger charge is 2.54. The summed E-state index contributed by atoms with van der Waals surface area (Å²) in [6.07, 6.45) is 6.84. The second kappa shape index (κ2) is 8.88. The van der Waals surface area contributed by atoms with Crippen molar-refractivity contribution < 1.29 is 24.2 Å². The van der Waals surface area contributed by atoms with Crippen LogP contribution in [0.4, 0.5) is 4.79 Å². The van der Waals surface area contributed by atoms with Crippen molar-refractivity contribution >= 4 is 12.1 Å². The van der Waals surface area contributed by atoms with E-state index < -0.39 is 12.1 Å². The van der Waals surface area contributed by atoms with Crippen LogP contribution in [0.5, 0.6) is 5.75 Å². The normalized spacial score (nSPS) is 23.2. The van der Waals surface area contributed by atoms with Gasteiger partial charge in [-0.1, -0.05) is 5.21 Å². The van der Waals surface area contributed by atoms with E-state index in [2.05, 4.69) is 20.6 Å². The van der Waals surface area contributed by atoms with Gasteiger partial charge in [-0.3, -0.25) is 4.79 Å². The molecule has 1 amide bonds. The number of aryl methyl sites for hydroxylation is 2. The van der Waals surface area contributed by atoms with Crippen LogP contribution in [-0.2, 0) is 23.1 Å². The van der Waals surface area contributed by atoms with E-state index in [1.54, 1.807) is 11.7 Å². The van der Waals surface area contributed by atoms with Crippen molar-refractivity contribution in [1.82, 2.24) is 25.3 Å². The molecule has 3 fully saturated rings. The molecule has 0 aromatic carbocycles. The van der Waals surface area contributed by atoms with E-state index in [1.807, 2.05) is 19.1 Å². The molecule has 2 heterocycles. The minimum Gasteiger partial charge on any atom is -0.489 e. The Morgan fingerprint density at radius 1 is 1.24 bits per heavy atom. The van der Waals surface area contributed by atoms with Crippen molar-refractivity contribution in [2.45, 2.75) is 77.0 Å². The number of rotatable bonds is 7. The summed E-state index contributed by atoms with van der Waals surface area (Å²) in [6.45, 7) is 2.08. The third kappa shape index (κ3) is 4.71. The van der Waals surface area contributed by atoms with Gasteiger partial charge in [0.05, 0.1) is 35.6 Å². The highest BCUT2D eigenvalue weighted by molar-refractivity contribution is 5.70. The zero-order valence-corrected chi connectivity index (χ0v) is 19.6. The maximum atomic E-state index is 12.2. The summed E-state index contributed by atoms with van der Waals surface area (Å²) in [6, 6.07) is 3.65. The molecule has 0 unspecified atom stereocenters. The molecule has 10 nitrogen and oxygen atoms in total. The van der Waals surface area contributed by atoms with Gasteiger partial charge in [0.15, 0.2) is 0 Å². The number of nitrogens with zero attached hydrogens (tertiary/aromatic N) is 4. The molecule has 10 heteroatoms. The van der Waals surface area contributed by atoms with Crippen LogP contribution in [-0.4, -0.2) is 49.4 Å². The molecule has 3 saturated carbocycles. The number of carboxylic acid groups (broad SMARTS) is 1. The smallest absolute Gasteiger partial charge is 0.407 e. The van der Waals surface area contributed by atoms with Crippen LogP contribution in [0, 0.1) is 18.3 Å². The topological polar surface area (TPSA) is 128 Å². The standard InChI is InChI=1S/C24H31N5O5/c1-14-20(33-16-5-3-4-15(10-16)22(30)31)7-6-18(26-14)21-19(29(2)28-27-21)13-25-23(32)34-17-11-24(12-17)8-9-24/h6-7,15-17H,3-5,8-13H2,1-2H3,(H,25,32)(H,30,31)/t15-,16-/m0/s1. The Bertz CT molecular complexity index is 1090. The Morgan fingerprint density at radius 2 is 2.03 bits per heavy atom. The average molecular weight is 470 g/mol. The van der Waals surface area contributed by atoms with Gasteiger partial charge in [0.1, 0.15) is 17.5 Å². The molecule has 182 valence electrons. The molecule has 2 aromatic heterocycles. The Hall–Kier alpha value is -3.17. The van der Waals surface area contributed by atoms with Gasteiger partial charge in [0, 0.05) is 7.05 Å². The molecular weight excluding hydrogens is 438 g/mol. The van der Waals surface area contributed by atoms with E-state index in [1.165, 1.54) is 12.8 Å². The number of alkyl carbamates (subject to hydrolysis) is 1. The first-order valence-corrected chi connectivity index (χ1v) is 12.0. The lowest BCUT2D eigenvalue weighted by Crippen LogP contribution is -2.38. The number of pyridine rings is 1. The van der Waals surface area contributed by atoms with Gasteiger partial charge in [-0.2, -0.15) is 0 Å². The zero-order valence-electron chi connectivity index (χ0n) is 19.6. The van der Waals surface area contributed by atoms with E-state index in [9.17, 15) is 14.7 Å². The van der Waals surface area contributed by atoms with Gasteiger partial charge in [0.25, 0.3) is 0 Å². The van der Waals surface area contributed by atoms with Crippen molar-refractivity contribution in [3.05, 3.63) is 23.5 Å². The number of aliphatic carboxylic acids is 1. The lowest BCUT2D eigenvalue weighted by Gasteiger charge is -2.34. The maximum Gasteiger partial charge on any atom is 0.407 e. The van der Waals surface area contributed by atoms with Crippen LogP contribution >= 0.6 is 0 Å². The van der Waals surface area contributed by atoms with Crippen LogP contribution in [0.25, 0.3) is 11.4 Å². The monoisotopic (exact) mass is 469 g/mol. The third-order valence-corrected chi connectivity index (χ3v) is 7.44. The van der Waals surface area contributed by atoms with Gasteiger partial charge in [-0.25, -0.2) is 14.5 Å². The summed E-state index contributed by atoms with van der Waals surface area (Å²) < 4.78 is 13.2. The van der Waals surface area contributed by atoms with Crippen LogP contribution in [0.3, 0.4) is 0 Å². The maximum absolute atomic E-state index is 12.2. The van der Waals surface area contributed by atoms with Gasteiger partial charge in [-0.15, -0.1) is 5.10 Å². The highest BCUT2D eigenvalue weighted by Crippen LogP contribution is 2.61. The fraction of sp³-hybridized carbons (Fsp3) is 0.625. The number of nitrogens with one attached hydrogen (secondary N) is 1. The second-order valence-corrected chi connectivity index (χ2v) is 10.0. The molecule has 3 aliphatic rings. The lowest BCUT2D eigenvalue weighted by molar-refractivity contribution is -0.143. The van der Waals surface area contributed by atoms with Gasteiger partial charge in [0.2, 0.25) is 0 Å². The van der Waals surface area contributed by atoms with Crippen LogP contribution in [0.15, 0.2) is 12.1 Å². The molecule has 1 spiro atoms. The predicted octanol–water partition coefficient (Wildman–Crippen LogP) is 3.38. The van der Waals surface area contributed by atoms with E-state index >= 15 is 0 Å². The van der Waals surface area contributed by atoms with Crippen molar-refractivity contribution in [3.8, 4) is 17.1 Å². The number of carbonyl (C=O) groups is 2.